The molecule has 0 aliphatic carbocycles. The Kier molecular flexibility index (Phi) is 7.17. The van der Waals surface area contributed by atoms with Crippen LogP contribution in [0.15, 0.2) is 48.9 Å². The summed E-state index contributed by atoms with van der Waals surface area (Å²) in [7, 11) is 3.20. The second kappa shape index (κ2) is 10.4. The van der Waals surface area contributed by atoms with Gasteiger partial charge in [0.2, 0.25) is 5.91 Å². The van der Waals surface area contributed by atoms with E-state index >= 15 is 0 Å². The van der Waals surface area contributed by atoms with Crippen molar-refractivity contribution < 1.29 is 14.3 Å². The van der Waals surface area contributed by atoms with Gasteiger partial charge in [0.05, 0.1) is 32.4 Å². The summed E-state index contributed by atoms with van der Waals surface area (Å²) >= 11 is 0. The highest BCUT2D eigenvalue weighted by Crippen LogP contribution is 2.37. The summed E-state index contributed by atoms with van der Waals surface area (Å²) in [5.41, 5.74) is 3.81. The van der Waals surface area contributed by atoms with Gasteiger partial charge >= 0.3 is 0 Å². The van der Waals surface area contributed by atoms with E-state index in [1.807, 2.05) is 41.4 Å². The minimum absolute atomic E-state index is 0.0700. The van der Waals surface area contributed by atoms with Crippen LogP contribution in [-0.4, -0.2) is 46.5 Å². The Bertz CT molecular complexity index is 1100. The molecule has 0 saturated carbocycles. The number of likely N-dealkylation sites (tertiary alicyclic amines) is 1. The number of benzene rings is 1. The van der Waals surface area contributed by atoms with Crippen molar-refractivity contribution in [2.75, 3.05) is 20.8 Å². The number of aryl methyl sites for hydroxylation is 1. The first kappa shape index (κ1) is 22.7. The monoisotopic (exact) mass is 446 g/mol. The molecule has 1 fully saturated rings. The molecule has 1 atom stereocenters. The third kappa shape index (κ3) is 4.97. The number of aromatic nitrogens is 3. The highest BCUT2D eigenvalue weighted by atomic mass is 16.5. The van der Waals surface area contributed by atoms with Gasteiger partial charge in [-0.2, -0.15) is 0 Å². The van der Waals surface area contributed by atoms with Crippen LogP contribution in [-0.2, 0) is 17.6 Å². The molecule has 3 heterocycles. The first-order valence-corrected chi connectivity index (χ1v) is 11.4. The molecule has 7 nitrogen and oxygen atoms in total. The van der Waals surface area contributed by atoms with Crippen molar-refractivity contribution in [3.63, 3.8) is 0 Å². The number of amides is 1. The van der Waals surface area contributed by atoms with E-state index in [9.17, 15) is 4.79 Å². The second-order valence-electron chi connectivity index (χ2n) is 8.18. The molecule has 1 aliphatic heterocycles. The largest absolute Gasteiger partial charge is 0.493 e. The maximum absolute atomic E-state index is 13.4. The van der Waals surface area contributed by atoms with E-state index in [0.717, 1.165) is 60.4 Å². The topological polar surface area (TPSA) is 77.4 Å². The Morgan fingerprint density at radius 3 is 2.64 bits per heavy atom. The van der Waals surface area contributed by atoms with Crippen LogP contribution >= 0.6 is 0 Å². The number of rotatable bonds is 8. The molecule has 2 aromatic heterocycles. The predicted molar refractivity (Wildman–Crippen MR) is 126 cm³/mol. The minimum Gasteiger partial charge on any atom is -0.493 e. The van der Waals surface area contributed by atoms with Gasteiger partial charge in [0.15, 0.2) is 11.5 Å². The van der Waals surface area contributed by atoms with E-state index in [2.05, 4.69) is 16.9 Å². The number of methoxy groups -OCH3 is 2. The van der Waals surface area contributed by atoms with Gasteiger partial charge in [0, 0.05) is 37.1 Å². The summed E-state index contributed by atoms with van der Waals surface area (Å²) < 4.78 is 10.7. The zero-order valence-electron chi connectivity index (χ0n) is 19.5. The van der Waals surface area contributed by atoms with Crippen molar-refractivity contribution in [1.82, 2.24) is 19.9 Å². The van der Waals surface area contributed by atoms with Crippen molar-refractivity contribution in [1.29, 1.82) is 0 Å². The van der Waals surface area contributed by atoms with Gasteiger partial charge in [-0.05, 0) is 54.7 Å². The maximum atomic E-state index is 13.4. The fourth-order valence-corrected chi connectivity index (χ4v) is 4.40. The fourth-order valence-electron chi connectivity index (χ4n) is 4.40. The quantitative estimate of drug-likeness (QED) is 0.510. The Hall–Kier alpha value is -3.48. The lowest BCUT2D eigenvalue weighted by Gasteiger charge is -2.26. The Morgan fingerprint density at radius 2 is 1.91 bits per heavy atom. The summed E-state index contributed by atoms with van der Waals surface area (Å²) in [5, 5.41) is 0. The number of carbonyl (C=O) groups excluding carboxylic acids is 1. The number of pyridine rings is 1. The van der Waals surface area contributed by atoms with E-state index in [-0.39, 0.29) is 11.9 Å². The number of ether oxygens (including phenoxy) is 2. The molecule has 1 saturated heterocycles. The van der Waals surface area contributed by atoms with Crippen molar-refractivity contribution in [2.24, 2.45) is 0 Å². The predicted octanol–water partition coefficient (Wildman–Crippen LogP) is 4.41. The van der Waals surface area contributed by atoms with Gasteiger partial charge in [-0.25, -0.2) is 9.97 Å². The van der Waals surface area contributed by atoms with Gasteiger partial charge in [0.25, 0.3) is 0 Å². The summed E-state index contributed by atoms with van der Waals surface area (Å²) in [5.74, 6) is 2.19. The van der Waals surface area contributed by atoms with E-state index in [0.29, 0.717) is 17.9 Å². The van der Waals surface area contributed by atoms with Crippen molar-refractivity contribution >= 4 is 5.91 Å². The average molecular weight is 447 g/mol. The average Bonchev–Trinajstić information content (AvgIpc) is 3.35. The third-order valence-corrected chi connectivity index (χ3v) is 6.03. The third-order valence-electron chi connectivity index (χ3n) is 6.03. The van der Waals surface area contributed by atoms with E-state index in [1.165, 1.54) is 0 Å². The van der Waals surface area contributed by atoms with Crippen molar-refractivity contribution in [2.45, 2.75) is 45.1 Å². The minimum atomic E-state index is -0.0700. The highest BCUT2D eigenvalue weighted by Gasteiger charge is 2.33. The zero-order valence-corrected chi connectivity index (χ0v) is 19.5. The Morgan fingerprint density at radius 1 is 1.12 bits per heavy atom. The molecular weight excluding hydrogens is 416 g/mol. The first-order chi connectivity index (χ1) is 16.1. The lowest BCUT2D eigenvalue weighted by Crippen LogP contribution is -2.32. The molecule has 0 spiro atoms. The normalized spacial score (nSPS) is 15.5. The van der Waals surface area contributed by atoms with Crippen molar-refractivity contribution in [3.8, 4) is 22.6 Å². The smallest absolute Gasteiger partial charge is 0.227 e. The molecule has 1 amide bonds. The van der Waals surface area contributed by atoms with E-state index in [4.69, 9.17) is 14.5 Å². The molecule has 172 valence electrons. The maximum Gasteiger partial charge on any atom is 0.227 e. The number of nitrogens with zero attached hydrogens (tertiary/aromatic N) is 4. The molecular formula is C26H30N4O3. The SMILES string of the molecule is CCCc1ncc(-c2ccncc2)c([C@H]2CCCN2C(=O)Cc2ccc(OC)c(OC)c2)n1. The molecule has 1 aromatic carbocycles. The van der Waals surface area contributed by atoms with Crippen LogP contribution in [0.2, 0.25) is 0 Å². The van der Waals surface area contributed by atoms with Crippen LogP contribution in [0, 0.1) is 0 Å². The molecule has 4 rings (SSSR count). The molecule has 7 heteroatoms. The standard InChI is InChI=1S/C26H30N4O3/c1-4-6-24-28-17-20(19-10-12-27-13-11-19)26(29-24)21-7-5-14-30(21)25(31)16-18-8-9-22(32-2)23(15-18)33-3/h8-13,15,17,21H,4-7,14,16H2,1-3H3/t21-/m1/s1. The van der Waals surface area contributed by atoms with Gasteiger partial charge in [-0.15, -0.1) is 0 Å². The van der Waals surface area contributed by atoms with Gasteiger partial charge in [-0.1, -0.05) is 13.0 Å². The first-order valence-electron chi connectivity index (χ1n) is 11.4. The van der Waals surface area contributed by atoms with E-state index in [1.54, 1.807) is 26.6 Å². The van der Waals surface area contributed by atoms with Crippen molar-refractivity contribution in [3.05, 3.63) is 66.0 Å². The molecule has 0 N–H and O–H groups in total. The second-order valence-corrected chi connectivity index (χ2v) is 8.18. The van der Waals surface area contributed by atoms with Crippen LogP contribution in [0.5, 0.6) is 11.5 Å². The lowest BCUT2D eigenvalue weighted by atomic mass is 10.00. The number of carbonyl (C=O) groups is 1. The molecule has 1 aliphatic rings. The molecule has 0 unspecified atom stereocenters. The zero-order chi connectivity index (χ0) is 23.2. The van der Waals surface area contributed by atoms with E-state index < -0.39 is 0 Å². The Balaban J connectivity index is 1.64. The van der Waals surface area contributed by atoms with Gasteiger partial charge in [-0.3, -0.25) is 9.78 Å². The van der Waals surface area contributed by atoms with Gasteiger partial charge in [0.1, 0.15) is 5.82 Å². The van der Waals surface area contributed by atoms with Gasteiger partial charge < -0.3 is 14.4 Å². The molecule has 0 bridgehead atoms. The summed E-state index contributed by atoms with van der Waals surface area (Å²) in [6, 6.07) is 9.48. The summed E-state index contributed by atoms with van der Waals surface area (Å²) in [4.78, 5) is 29.1. The number of hydrogen-bond acceptors (Lipinski definition) is 6. The molecule has 0 radical (unpaired) electrons. The summed E-state index contributed by atoms with van der Waals surface area (Å²) in [6.45, 7) is 2.84. The molecule has 3 aromatic rings. The van der Waals surface area contributed by atoms with Crippen LogP contribution in [0.25, 0.3) is 11.1 Å². The van der Waals surface area contributed by atoms with Crippen LogP contribution in [0.4, 0.5) is 0 Å². The number of hydrogen-bond donors (Lipinski definition) is 0. The van der Waals surface area contributed by atoms with Crippen LogP contribution in [0.1, 0.15) is 49.3 Å². The molecule has 33 heavy (non-hydrogen) atoms. The van der Waals surface area contributed by atoms with Crippen LogP contribution in [0.3, 0.4) is 0 Å². The Labute approximate surface area is 194 Å². The highest BCUT2D eigenvalue weighted by molar-refractivity contribution is 5.80. The lowest BCUT2D eigenvalue weighted by molar-refractivity contribution is -0.131. The fraction of sp³-hybridized carbons (Fsp3) is 0.385. The van der Waals surface area contributed by atoms with Crippen LogP contribution < -0.4 is 9.47 Å². The summed E-state index contributed by atoms with van der Waals surface area (Å²) in [6.07, 6.45) is 9.37.